The fourth-order valence-corrected chi connectivity index (χ4v) is 3.45. The molecule has 5 heteroatoms. The van der Waals surface area contributed by atoms with Crippen LogP contribution in [0, 0.1) is 11.6 Å². The van der Waals surface area contributed by atoms with E-state index in [1.807, 2.05) is 0 Å². The summed E-state index contributed by atoms with van der Waals surface area (Å²) in [5.74, 6) is -0.884. The Morgan fingerprint density at radius 1 is 1.05 bits per heavy atom. The zero-order valence-corrected chi connectivity index (χ0v) is 12.3. The van der Waals surface area contributed by atoms with Gasteiger partial charge in [0.2, 0.25) is 0 Å². The smallest absolute Gasteiger partial charge is 0.130 e. The second kappa shape index (κ2) is 6.38. The summed E-state index contributed by atoms with van der Waals surface area (Å²) in [5.41, 5.74) is 6.13. The van der Waals surface area contributed by atoms with Gasteiger partial charge in [-0.05, 0) is 44.5 Å². The SMILES string of the molecule is NC1CCN(C2CCN(Cc3c(F)cccc3F)C2)CC1. The maximum atomic E-state index is 13.7. The summed E-state index contributed by atoms with van der Waals surface area (Å²) >= 11 is 0. The highest BCUT2D eigenvalue weighted by Gasteiger charge is 2.30. The number of hydrogen-bond donors (Lipinski definition) is 1. The van der Waals surface area contributed by atoms with Gasteiger partial charge < -0.3 is 5.73 Å². The van der Waals surface area contributed by atoms with Crippen molar-refractivity contribution in [3.05, 3.63) is 35.4 Å². The molecule has 2 saturated heterocycles. The van der Waals surface area contributed by atoms with Gasteiger partial charge in [0.05, 0.1) is 0 Å². The molecule has 2 fully saturated rings. The molecular formula is C16H23F2N3. The lowest BCUT2D eigenvalue weighted by atomic mass is 10.0. The van der Waals surface area contributed by atoms with Crippen LogP contribution >= 0.6 is 0 Å². The molecular weight excluding hydrogens is 272 g/mol. The first-order valence-electron chi connectivity index (χ1n) is 7.78. The molecule has 1 aromatic carbocycles. The highest BCUT2D eigenvalue weighted by Crippen LogP contribution is 2.23. The number of halogens is 2. The molecule has 0 bridgehead atoms. The van der Waals surface area contributed by atoms with Crippen LogP contribution in [-0.4, -0.2) is 48.1 Å². The molecule has 3 rings (SSSR count). The highest BCUT2D eigenvalue weighted by atomic mass is 19.1. The topological polar surface area (TPSA) is 32.5 Å². The van der Waals surface area contributed by atoms with E-state index < -0.39 is 11.6 Å². The van der Waals surface area contributed by atoms with Crippen molar-refractivity contribution >= 4 is 0 Å². The summed E-state index contributed by atoms with van der Waals surface area (Å²) in [6.07, 6.45) is 3.18. The molecule has 0 saturated carbocycles. The predicted molar refractivity (Wildman–Crippen MR) is 78.8 cm³/mol. The lowest BCUT2D eigenvalue weighted by Crippen LogP contribution is -2.46. The van der Waals surface area contributed by atoms with E-state index in [1.54, 1.807) is 0 Å². The Kier molecular flexibility index (Phi) is 4.52. The molecule has 1 unspecified atom stereocenters. The van der Waals surface area contributed by atoms with Crippen molar-refractivity contribution in [1.29, 1.82) is 0 Å². The van der Waals surface area contributed by atoms with Crippen LogP contribution in [0.3, 0.4) is 0 Å². The van der Waals surface area contributed by atoms with Crippen LogP contribution in [0.1, 0.15) is 24.8 Å². The van der Waals surface area contributed by atoms with Crippen LogP contribution < -0.4 is 5.73 Å². The predicted octanol–water partition coefficient (Wildman–Crippen LogP) is 1.96. The molecule has 0 radical (unpaired) electrons. The highest BCUT2D eigenvalue weighted by molar-refractivity contribution is 5.19. The van der Waals surface area contributed by atoms with Crippen molar-refractivity contribution in [1.82, 2.24) is 9.80 Å². The Labute approximate surface area is 124 Å². The van der Waals surface area contributed by atoms with Gasteiger partial charge >= 0.3 is 0 Å². The normalized spacial score (nSPS) is 25.6. The number of benzene rings is 1. The minimum atomic E-state index is -0.442. The average Bonchev–Trinajstić information content (AvgIpc) is 2.92. The number of hydrogen-bond acceptors (Lipinski definition) is 3. The molecule has 2 heterocycles. The van der Waals surface area contributed by atoms with E-state index in [9.17, 15) is 8.78 Å². The first kappa shape index (κ1) is 14.9. The van der Waals surface area contributed by atoms with Gasteiger partial charge in [0.25, 0.3) is 0 Å². The number of nitrogens with zero attached hydrogens (tertiary/aromatic N) is 2. The van der Waals surface area contributed by atoms with Crippen LogP contribution in [0.25, 0.3) is 0 Å². The first-order valence-corrected chi connectivity index (χ1v) is 7.78. The maximum absolute atomic E-state index is 13.7. The second-order valence-corrected chi connectivity index (χ2v) is 6.25. The summed E-state index contributed by atoms with van der Waals surface area (Å²) in [6.45, 7) is 4.26. The zero-order valence-electron chi connectivity index (χ0n) is 12.3. The van der Waals surface area contributed by atoms with E-state index >= 15 is 0 Å². The fourth-order valence-electron chi connectivity index (χ4n) is 3.45. The van der Waals surface area contributed by atoms with Crippen molar-refractivity contribution in [2.45, 2.75) is 37.9 Å². The van der Waals surface area contributed by atoms with Crippen molar-refractivity contribution in [2.75, 3.05) is 26.2 Å². The molecule has 0 aromatic heterocycles. The minimum Gasteiger partial charge on any atom is -0.328 e. The fraction of sp³-hybridized carbons (Fsp3) is 0.625. The van der Waals surface area contributed by atoms with Crippen molar-refractivity contribution in [2.24, 2.45) is 5.73 Å². The lowest BCUT2D eigenvalue weighted by molar-refractivity contribution is 0.151. The van der Waals surface area contributed by atoms with E-state index in [-0.39, 0.29) is 5.56 Å². The van der Waals surface area contributed by atoms with E-state index in [1.165, 1.54) is 18.2 Å². The van der Waals surface area contributed by atoms with Crippen molar-refractivity contribution in [3.8, 4) is 0 Å². The summed E-state index contributed by atoms with van der Waals surface area (Å²) in [7, 11) is 0. The number of likely N-dealkylation sites (tertiary alicyclic amines) is 2. The van der Waals surface area contributed by atoms with E-state index in [0.717, 1.165) is 45.4 Å². The molecule has 1 aromatic rings. The third-order valence-corrected chi connectivity index (χ3v) is 4.78. The molecule has 0 amide bonds. The Morgan fingerprint density at radius 2 is 1.71 bits per heavy atom. The summed E-state index contributed by atoms with van der Waals surface area (Å²) in [4.78, 5) is 4.64. The molecule has 1 atom stereocenters. The third-order valence-electron chi connectivity index (χ3n) is 4.78. The molecule has 0 spiro atoms. The molecule has 3 nitrogen and oxygen atoms in total. The van der Waals surface area contributed by atoms with Crippen LogP contribution in [0.5, 0.6) is 0 Å². The number of piperidine rings is 1. The molecule has 116 valence electrons. The van der Waals surface area contributed by atoms with Gasteiger partial charge in [0, 0.05) is 37.3 Å². The van der Waals surface area contributed by atoms with Crippen LogP contribution in [-0.2, 0) is 6.54 Å². The third kappa shape index (κ3) is 3.42. The zero-order chi connectivity index (χ0) is 14.8. The van der Waals surface area contributed by atoms with E-state index in [0.29, 0.717) is 18.6 Å². The van der Waals surface area contributed by atoms with Crippen LogP contribution in [0.15, 0.2) is 18.2 Å². The Bertz CT molecular complexity index is 466. The lowest BCUT2D eigenvalue weighted by Gasteiger charge is -2.34. The number of nitrogens with two attached hydrogens (primary N) is 1. The van der Waals surface area contributed by atoms with E-state index in [4.69, 9.17) is 5.73 Å². The Hall–Kier alpha value is -1.04. The monoisotopic (exact) mass is 295 g/mol. The first-order chi connectivity index (χ1) is 10.1. The summed E-state index contributed by atoms with van der Waals surface area (Å²) in [5, 5.41) is 0. The molecule has 2 aliphatic rings. The average molecular weight is 295 g/mol. The van der Waals surface area contributed by atoms with Gasteiger partial charge in [-0.2, -0.15) is 0 Å². The standard InChI is InChI=1S/C16H23F2N3/c17-15-2-1-3-16(18)14(15)11-20-7-6-13(10-20)21-8-4-12(19)5-9-21/h1-3,12-13H,4-11,19H2. The van der Waals surface area contributed by atoms with Crippen LogP contribution in [0.4, 0.5) is 8.78 Å². The van der Waals surface area contributed by atoms with Gasteiger partial charge in [0.1, 0.15) is 11.6 Å². The maximum Gasteiger partial charge on any atom is 0.130 e. The van der Waals surface area contributed by atoms with Crippen molar-refractivity contribution < 1.29 is 8.78 Å². The number of rotatable bonds is 3. The van der Waals surface area contributed by atoms with E-state index in [2.05, 4.69) is 9.80 Å². The van der Waals surface area contributed by atoms with Gasteiger partial charge in [0.15, 0.2) is 0 Å². The molecule has 0 aliphatic carbocycles. The van der Waals surface area contributed by atoms with Gasteiger partial charge in [-0.15, -0.1) is 0 Å². The molecule has 2 N–H and O–H groups in total. The summed E-state index contributed by atoms with van der Waals surface area (Å²) in [6, 6.07) is 4.92. The Balaban J connectivity index is 1.57. The molecule has 2 aliphatic heterocycles. The summed E-state index contributed by atoms with van der Waals surface area (Å²) < 4.78 is 27.4. The van der Waals surface area contributed by atoms with Gasteiger partial charge in [-0.3, -0.25) is 9.80 Å². The quantitative estimate of drug-likeness (QED) is 0.925. The minimum absolute atomic E-state index is 0.193. The van der Waals surface area contributed by atoms with Crippen LogP contribution in [0.2, 0.25) is 0 Å². The van der Waals surface area contributed by atoms with Gasteiger partial charge in [-0.1, -0.05) is 6.07 Å². The Morgan fingerprint density at radius 3 is 2.38 bits per heavy atom. The second-order valence-electron chi connectivity index (χ2n) is 6.25. The molecule has 21 heavy (non-hydrogen) atoms. The largest absolute Gasteiger partial charge is 0.328 e. The van der Waals surface area contributed by atoms with Crippen molar-refractivity contribution in [3.63, 3.8) is 0 Å². The van der Waals surface area contributed by atoms with Gasteiger partial charge in [-0.25, -0.2) is 8.78 Å².